The number of rotatable bonds is 2. The van der Waals surface area contributed by atoms with E-state index >= 15 is 4.39 Å². The summed E-state index contributed by atoms with van der Waals surface area (Å²) in [6.45, 7) is -4.97. The van der Waals surface area contributed by atoms with Crippen LogP contribution in [0.5, 0.6) is 0 Å². The van der Waals surface area contributed by atoms with Gasteiger partial charge in [-0.05, 0) is 30.2 Å². The van der Waals surface area contributed by atoms with Crippen LogP contribution in [0.1, 0.15) is 18.7 Å². The zero-order valence-corrected chi connectivity index (χ0v) is 25.2. The monoisotopic (exact) mass is 676 g/mol. The summed E-state index contributed by atoms with van der Waals surface area (Å²) in [7, 11) is -4.66. The molecule has 0 amide bonds. The highest BCUT2D eigenvalue weighted by Gasteiger charge is 2.51. The molecule has 4 N–H and O–H groups in total. The molecule has 21 heteroatoms. The molecule has 4 aromatic heterocycles. The quantitative estimate of drug-likeness (QED) is 0.206. The van der Waals surface area contributed by atoms with Crippen LogP contribution in [0.15, 0.2) is 31.2 Å². The third-order valence-corrected chi connectivity index (χ3v) is 10.7. The van der Waals surface area contributed by atoms with Crippen LogP contribution in [0.3, 0.4) is 0 Å². The van der Waals surface area contributed by atoms with Crippen LogP contribution in [0.2, 0.25) is 5.15 Å². The summed E-state index contributed by atoms with van der Waals surface area (Å²) in [4.78, 5) is 42.1. The molecule has 6 heterocycles. The highest BCUT2D eigenvalue weighted by atomic mass is 35.5. The van der Waals surface area contributed by atoms with Gasteiger partial charge in [0.2, 0.25) is 0 Å². The number of aromatic nitrogens is 7. The van der Waals surface area contributed by atoms with Gasteiger partial charge >= 0.3 is 14.5 Å². The third-order valence-electron chi connectivity index (χ3n) is 7.93. The van der Waals surface area contributed by atoms with Crippen molar-refractivity contribution in [2.24, 2.45) is 11.8 Å². The van der Waals surface area contributed by atoms with Crippen LogP contribution in [0, 0.1) is 11.8 Å². The first-order valence-electron chi connectivity index (χ1n) is 13.0. The number of fused-ring (bicyclic) bond motifs is 4. The minimum Gasteiger partial charge on any atom is -0.382 e. The molecule has 2 aliphatic heterocycles. The van der Waals surface area contributed by atoms with E-state index in [1.54, 1.807) is 17.0 Å². The molecule has 0 spiro atoms. The average Bonchev–Trinajstić information content (AvgIpc) is 3.64. The van der Waals surface area contributed by atoms with Gasteiger partial charge in [0.15, 0.2) is 23.9 Å². The maximum Gasteiger partial charge on any atom is 0.472 e. The van der Waals surface area contributed by atoms with E-state index in [9.17, 15) is 14.4 Å². The van der Waals surface area contributed by atoms with Crippen LogP contribution in [0.4, 0.5) is 10.2 Å². The van der Waals surface area contributed by atoms with E-state index in [4.69, 9.17) is 52.0 Å². The van der Waals surface area contributed by atoms with Crippen molar-refractivity contribution in [1.29, 1.82) is 0 Å². The van der Waals surface area contributed by atoms with Crippen molar-refractivity contribution in [1.82, 2.24) is 34.1 Å². The van der Waals surface area contributed by atoms with E-state index in [0.717, 1.165) is 0 Å². The molecule has 2 saturated heterocycles. The summed E-state index contributed by atoms with van der Waals surface area (Å²) in [5.74, 6) is -0.484. The highest BCUT2D eigenvalue weighted by Crippen LogP contribution is 2.55. The summed E-state index contributed by atoms with van der Waals surface area (Å²) < 4.78 is 59.9. The first-order valence-corrected chi connectivity index (χ1v) is 17.4. The number of nitrogens with zero attached hydrogens (tertiary/aromatic N) is 7. The Bertz CT molecular complexity index is 1800. The Morgan fingerprint density at radius 1 is 1.05 bits per heavy atom. The van der Waals surface area contributed by atoms with Crippen molar-refractivity contribution in [3.8, 4) is 0 Å². The maximum absolute atomic E-state index is 16.0. The Labute approximate surface area is 252 Å². The average molecular weight is 677 g/mol. The number of halogens is 2. The summed E-state index contributed by atoms with van der Waals surface area (Å²) in [5, 5.41) is 0.614. The Hall–Kier alpha value is -2.21. The lowest BCUT2D eigenvalue weighted by Gasteiger charge is -2.45. The van der Waals surface area contributed by atoms with Gasteiger partial charge < -0.3 is 33.9 Å². The first kappa shape index (κ1) is 29.5. The normalized spacial score (nSPS) is 37.2. The fourth-order valence-corrected chi connectivity index (χ4v) is 8.17. The number of phosphoric ester groups is 1. The number of phosphoric acid groups is 1. The Balaban J connectivity index is 1.14. The van der Waals surface area contributed by atoms with Gasteiger partial charge in [-0.1, -0.05) is 11.6 Å². The van der Waals surface area contributed by atoms with Crippen molar-refractivity contribution >= 4 is 66.0 Å². The molecule has 4 aromatic rings. The van der Waals surface area contributed by atoms with Crippen LogP contribution < -0.4 is 5.73 Å². The zero-order valence-electron chi connectivity index (χ0n) is 21.9. The number of alkyl halides is 1. The molecular weight excluding hydrogens is 653 g/mol. The van der Waals surface area contributed by atoms with E-state index < -0.39 is 51.7 Å². The summed E-state index contributed by atoms with van der Waals surface area (Å²) in [5.41, 5.74) is 7.09. The summed E-state index contributed by atoms with van der Waals surface area (Å²) in [6.07, 6.45) is 0.00834. The van der Waals surface area contributed by atoms with Gasteiger partial charge in [-0.25, -0.2) is 33.9 Å². The molecule has 0 radical (unpaired) electrons. The lowest BCUT2D eigenvalue weighted by atomic mass is 9.70. The molecule has 3 aliphatic rings. The molecule has 0 aromatic carbocycles. The number of anilines is 1. The van der Waals surface area contributed by atoms with Gasteiger partial charge in [0.05, 0.1) is 31.5 Å². The molecule has 0 bridgehead atoms. The molecule has 230 valence electrons. The van der Waals surface area contributed by atoms with Crippen molar-refractivity contribution in [3.05, 3.63) is 36.4 Å². The first-order chi connectivity index (χ1) is 20.5. The van der Waals surface area contributed by atoms with Gasteiger partial charge in [0, 0.05) is 18.2 Å². The number of nitrogen functional groups attached to an aromatic ring is 1. The second-order valence-electron chi connectivity index (χ2n) is 10.3. The Morgan fingerprint density at radius 2 is 1.81 bits per heavy atom. The largest absolute Gasteiger partial charge is 0.472 e. The van der Waals surface area contributed by atoms with Crippen molar-refractivity contribution in [2.75, 3.05) is 25.6 Å². The standard InChI is InChI=1S/C22H24ClFN8O8P2S/c23-18-11-1-2-31(20(11)28-7-26-18)22-15(24)17-14(39-22)6-37-41(33,34)36-5-12-10(4-38-42(35,43)40-17)3-13(12)32-9-30-16-19(25)27-8-29-21(16)32/h1-2,7-10,12-15,17,22H,3-6H2,(H,33,34)(H,35,43)(H2,25,27,29)/t10-,12-,13-,14-,15+,17-,22-,42?/m1/s1. The van der Waals surface area contributed by atoms with Gasteiger partial charge in [-0.2, -0.15) is 0 Å². The Kier molecular flexibility index (Phi) is 7.54. The summed E-state index contributed by atoms with van der Waals surface area (Å²) >= 11 is 11.4. The van der Waals surface area contributed by atoms with Gasteiger partial charge in [-0.15, -0.1) is 0 Å². The van der Waals surface area contributed by atoms with Crippen molar-refractivity contribution < 1.29 is 41.6 Å². The highest BCUT2D eigenvalue weighted by molar-refractivity contribution is 8.07. The second kappa shape index (κ2) is 11.0. The lowest BCUT2D eigenvalue weighted by Crippen LogP contribution is -2.43. The molecule has 1 saturated carbocycles. The molecule has 7 rings (SSSR count). The van der Waals surface area contributed by atoms with Crippen molar-refractivity contribution in [2.45, 2.75) is 37.1 Å². The minimum atomic E-state index is -4.66. The fraction of sp³-hybridized carbons (Fsp3) is 0.500. The third kappa shape index (κ3) is 5.38. The fourth-order valence-electron chi connectivity index (χ4n) is 5.73. The van der Waals surface area contributed by atoms with Crippen molar-refractivity contribution in [3.63, 3.8) is 0 Å². The molecule has 3 fully saturated rings. The molecule has 16 nitrogen and oxygen atoms in total. The number of imidazole rings is 1. The minimum absolute atomic E-state index is 0.0884. The van der Waals surface area contributed by atoms with Gasteiger partial charge in [0.1, 0.15) is 41.2 Å². The van der Waals surface area contributed by atoms with Crippen LogP contribution in [0.25, 0.3) is 22.2 Å². The van der Waals surface area contributed by atoms with E-state index in [0.29, 0.717) is 23.0 Å². The van der Waals surface area contributed by atoms with E-state index in [2.05, 4.69) is 24.9 Å². The van der Waals surface area contributed by atoms with Crippen LogP contribution in [-0.2, 0) is 39.2 Å². The lowest BCUT2D eigenvalue weighted by molar-refractivity contribution is -0.0456. The maximum atomic E-state index is 16.0. The smallest absolute Gasteiger partial charge is 0.382 e. The zero-order chi connectivity index (χ0) is 30.1. The number of ether oxygens (including phenoxy) is 1. The van der Waals surface area contributed by atoms with E-state index in [1.807, 2.05) is 0 Å². The van der Waals surface area contributed by atoms with E-state index in [-0.39, 0.29) is 41.8 Å². The van der Waals surface area contributed by atoms with E-state index in [1.165, 1.54) is 23.4 Å². The molecule has 43 heavy (non-hydrogen) atoms. The molecule has 9 atom stereocenters. The number of nitrogens with two attached hydrogens (primary N) is 1. The molecule has 2 unspecified atom stereocenters. The SMILES string of the molecule is Nc1ncnc2c1ncn2[C@@H]1C[C@@H]2COP(O)(=S)O[C@H]3[C@H](F)[C@H](n4ccc5c(Cl)ncnc54)O[C@@H]3COP(=O)(O)OC[C@H]21. The van der Waals surface area contributed by atoms with Gasteiger partial charge in [0.25, 0.3) is 0 Å². The predicted molar refractivity (Wildman–Crippen MR) is 151 cm³/mol. The number of hydrogen-bond acceptors (Lipinski definition) is 13. The molecule has 1 aliphatic carbocycles. The second-order valence-corrected chi connectivity index (χ2v) is 14.9. The predicted octanol–water partition coefficient (Wildman–Crippen LogP) is 2.69. The number of hydrogen-bond donors (Lipinski definition) is 3. The summed E-state index contributed by atoms with van der Waals surface area (Å²) in [6, 6.07) is 1.31. The topological polar surface area (TPSA) is 204 Å². The van der Waals surface area contributed by atoms with Crippen LogP contribution >= 0.6 is 26.1 Å². The molecular formula is C22H24ClFN8O8P2S. The van der Waals surface area contributed by atoms with Gasteiger partial charge in [-0.3, -0.25) is 13.6 Å². The van der Waals surface area contributed by atoms with Crippen LogP contribution in [-0.4, -0.2) is 82.0 Å². The Morgan fingerprint density at radius 3 is 2.65 bits per heavy atom.